The highest BCUT2D eigenvalue weighted by molar-refractivity contribution is 6.25. The molecule has 1 atom stereocenters. The Kier molecular flexibility index (Phi) is 8.66. The van der Waals surface area contributed by atoms with E-state index in [4.69, 9.17) is 4.74 Å². The zero-order valence-corrected chi connectivity index (χ0v) is 22.7. The van der Waals surface area contributed by atoms with E-state index in [1.54, 1.807) is 16.9 Å². The van der Waals surface area contributed by atoms with E-state index in [2.05, 4.69) is 5.32 Å². The Bertz CT molecular complexity index is 1300. The minimum atomic E-state index is -0.574. The topological polar surface area (TPSA) is 79.0 Å². The number of methoxy groups -OCH3 is 1. The first-order valence-corrected chi connectivity index (χ1v) is 13.4. The van der Waals surface area contributed by atoms with Gasteiger partial charge in [0, 0.05) is 37.0 Å². The second-order valence-electron chi connectivity index (χ2n) is 10.2. The van der Waals surface area contributed by atoms with Crippen molar-refractivity contribution in [3.63, 3.8) is 0 Å². The Morgan fingerprint density at radius 1 is 1.03 bits per heavy atom. The quantitative estimate of drug-likeness (QED) is 0.361. The van der Waals surface area contributed by atoms with Gasteiger partial charge >= 0.3 is 0 Å². The molecule has 3 aromatic rings. The van der Waals surface area contributed by atoms with Gasteiger partial charge in [0.15, 0.2) is 0 Å². The van der Waals surface area contributed by atoms with Gasteiger partial charge in [-0.2, -0.15) is 0 Å². The predicted molar refractivity (Wildman–Crippen MR) is 150 cm³/mol. The number of rotatable bonds is 12. The van der Waals surface area contributed by atoms with Gasteiger partial charge in [0.2, 0.25) is 11.8 Å². The van der Waals surface area contributed by atoms with Crippen LogP contribution in [0.4, 0.5) is 5.69 Å². The van der Waals surface area contributed by atoms with Crippen LogP contribution in [0.1, 0.15) is 56.0 Å². The highest BCUT2D eigenvalue weighted by Crippen LogP contribution is 2.37. The standard InChI is InChI=1S/C31H37N3O4/c1-5-26(30(36)32-19-21(2)3)34(20-22-14-16-24(38-4)17-15-22)28(35)13-8-18-33-27-12-7-10-23-9-6-11-25(29(23)27)31(33)37/h6-7,9-12,14-17,21,26H,5,8,13,18-20H2,1-4H3,(H,32,36). The SMILES string of the molecule is CCC(C(=O)NCC(C)C)N(Cc1ccc(OC)cc1)C(=O)CCCN1C(=O)c2cccc3cccc1c23. The van der Waals surface area contributed by atoms with Crippen LogP contribution < -0.4 is 15.0 Å². The highest BCUT2D eigenvalue weighted by atomic mass is 16.5. The first-order valence-electron chi connectivity index (χ1n) is 13.4. The average molecular weight is 516 g/mol. The number of nitrogens with zero attached hydrogens (tertiary/aromatic N) is 2. The summed E-state index contributed by atoms with van der Waals surface area (Å²) in [5.74, 6) is 0.780. The third-order valence-corrected chi connectivity index (χ3v) is 7.00. The molecule has 0 spiro atoms. The van der Waals surface area contributed by atoms with Crippen LogP contribution in [-0.2, 0) is 16.1 Å². The molecule has 7 nitrogen and oxygen atoms in total. The van der Waals surface area contributed by atoms with Gasteiger partial charge in [0.1, 0.15) is 11.8 Å². The molecule has 0 fully saturated rings. The maximum Gasteiger partial charge on any atom is 0.258 e. The van der Waals surface area contributed by atoms with Crippen molar-refractivity contribution in [2.75, 3.05) is 25.1 Å². The van der Waals surface area contributed by atoms with Crippen LogP contribution in [0, 0.1) is 5.92 Å². The van der Waals surface area contributed by atoms with Crippen LogP contribution in [0.2, 0.25) is 0 Å². The number of amides is 3. The van der Waals surface area contributed by atoms with Crippen LogP contribution in [0.3, 0.4) is 0 Å². The van der Waals surface area contributed by atoms with E-state index in [0.29, 0.717) is 44.0 Å². The summed E-state index contributed by atoms with van der Waals surface area (Å²) in [6.45, 7) is 7.33. The lowest BCUT2D eigenvalue weighted by molar-refractivity contribution is -0.141. The average Bonchev–Trinajstić information content (AvgIpc) is 3.20. The molecule has 1 aliphatic rings. The molecule has 3 aromatic carbocycles. The van der Waals surface area contributed by atoms with E-state index >= 15 is 0 Å². The number of nitrogens with one attached hydrogen (secondary N) is 1. The van der Waals surface area contributed by atoms with Gasteiger partial charge in [-0.15, -0.1) is 0 Å². The normalized spacial score (nSPS) is 13.2. The number of anilines is 1. The second-order valence-corrected chi connectivity index (χ2v) is 10.2. The Morgan fingerprint density at radius 3 is 2.39 bits per heavy atom. The zero-order chi connectivity index (χ0) is 27.2. The van der Waals surface area contributed by atoms with Crippen molar-refractivity contribution in [2.24, 2.45) is 5.92 Å². The molecule has 3 amide bonds. The second kappa shape index (κ2) is 12.1. The van der Waals surface area contributed by atoms with E-state index in [1.807, 2.05) is 81.4 Å². The molecule has 0 radical (unpaired) electrons. The summed E-state index contributed by atoms with van der Waals surface area (Å²) in [6.07, 6.45) is 1.24. The van der Waals surface area contributed by atoms with Gasteiger partial charge in [-0.3, -0.25) is 14.4 Å². The third-order valence-electron chi connectivity index (χ3n) is 7.00. The number of carbonyl (C=O) groups is 3. The van der Waals surface area contributed by atoms with Crippen molar-refractivity contribution < 1.29 is 19.1 Å². The minimum absolute atomic E-state index is 0.0289. The predicted octanol–water partition coefficient (Wildman–Crippen LogP) is 5.17. The van der Waals surface area contributed by atoms with Crippen LogP contribution in [-0.4, -0.2) is 48.9 Å². The molecule has 0 aromatic heterocycles. The van der Waals surface area contributed by atoms with Crippen molar-refractivity contribution in [1.29, 1.82) is 0 Å². The fourth-order valence-electron chi connectivity index (χ4n) is 5.00. The minimum Gasteiger partial charge on any atom is -0.497 e. The monoisotopic (exact) mass is 515 g/mol. The summed E-state index contributed by atoms with van der Waals surface area (Å²) in [6, 6.07) is 18.7. The number of carbonyl (C=O) groups excluding carboxylic acids is 3. The molecule has 0 saturated heterocycles. The lowest BCUT2D eigenvalue weighted by Gasteiger charge is -2.31. The van der Waals surface area contributed by atoms with Gasteiger partial charge in [0.05, 0.1) is 12.8 Å². The first-order chi connectivity index (χ1) is 18.3. The van der Waals surface area contributed by atoms with Crippen molar-refractivity contribution in [3.8, 4) is 5.75 Å². The fraction of sp³-hybridized carbons (Fsp3) is 0.387. The maximum absolute atomic E-state index is 13.6. The van der Waals surface area contributed by atoms with Crippen LogP contribution in [0.25, 0.3) is 10.8 Å². The van der Waals surface area contributed by atoms with Crippen molar-refractivity contribution in [2.45, 2.75) is 52.6 Å². The molecular formula is C31H37N3O4. The number of hydrogen-bond acceptors (Lipinski definition) is 4. The molecular weight excluding hydrogens is 478 g/mol. The van der Waals surface area contributed by atoms with E-state index in [-0.39, 0.29) is 24.1 Å². The van der Waals surface area contributed by atoms with Gasteiger partial charge in [0.25, 0.3) is 5.91 Å². The van der Waals surface area contributed by atoms with E-state index in [0.717, 1.165) is 27.8 Å². The van der Waals surface area contributed by atoms with E-state index in [9.17, 15) is 14.4 Å². The summed E-state index contributed by atoms with van der Waals surface area (Å²) in [5, 5.41) is 5.01. The van der Waals surface area contributed by atoms with Crippen molar-refractivity contribution in [1.82, 2.24) is 10.2 Å². The molecule has 1 aliphatic heterocycles. The van der Waals surface area contributed by atoms with Gasteiger partial charge in [-0.05, 0) is 54.0 Å². The van der Waals surface area contributed by atoms with Crippen LogP contribution in [0.15, 0.2) is 60.7 Å². The number of ether oxygens (including phenoxy) is 1. The molecule has 1 N–H and O–H groups in total. The molecule has 38 heavy (non-hydrogen) atoms. The molecule has 0 bridgehead atoms. The lowest BCUT2D eigenvalue weighted by atomic mass is 10.1. The molecule has 200 valence electrons. The highest BCUT2D eigenvalue weighted by Gasteiger charge is 2.31. The fourth-order valence-corrected chi connectivity index (χ4v) is 5.00. The summed E-state index contributed by atoms with van der Waals surface area (Å²) < 4.78 is 5.26. The largest absolute Gasteiger partial charge is 0.497 e. The Hall–Kier alpha value is -3.87. The lowest BCUT2D eigenvalue weighted by Crippen LogP contribution is -2.49. The Labute approximate surface area is 224 Å². The molecule has 0 saturated carbocycles. The Balaban J connectivity index is 1.48. The molecule has 4 rings (SSSR count). The zero-order valence-electron chi connectivity index (χ0n) is 22.7. The van der Waals surface area contributed by atoms with Gasteiger partial charge < -0.3 is 19.9 Å². The number of benzene rings is 3. The number of hydrogen-bond donors (Lipinski definition) is 1. The third kappa shape index (κ3) is 5.82. The summed E-state index contributed by atoms with van der Waals surface area (Å²) in [4.78, 5) is 43.3. The molecule has 1 heterocycles. The smallest absolute Gasteiger partial charge is 0.258 e. The van der Waals surface area contributed by atoms with Crippen molar-refractivity contribution >= 4 is 34.2 Å². The molecule has 7 heteroatoms. The van der Waals surface area contributed by atoms with Crippen LogP contribution >= 0.6 is 0 Å². The summed E-state index contributed by atoms with van der Waals surface area (Å²) >= 11 is 0. The van der Waals surface area contributed by atoms with Gasteiger partial charge in [-0.25, -0.2) is 0 Å². The summed E-state index contributed by atoms with van der Waals surface area (Å²) in [5.41, 5.74) is 2.52. The first kappa shape index (κ1) is 27.2. The summed E-state index contributed by atoms with van der Waals surface area (Å²) in [7, 11) is 1.61. The van der Waals surface area contributed by atoms with Gasteiger partial charge in [-0.1, -0.05) is 57.2 Å². The van der Waals surface area contributed by atoms with Crippen molar-refractivity contribution in [3.05, 3.63) is 71.8 Å². The Morgan fingerprint density at radius 2 is 1.74 bits per heavy atom. The molecule has 1 unspecified atom stereocenters. The maximum atomic E-state index is 13.6. The van der Waals surface area contributed by atoms with E-state index < -0.39 is 6.04 Å². The van der Waals surface area contributed by atoms with E-state index in [1.165, 1.54) is 0 Å². The van der Waals surface area contributed by atoms with Crippen LogP contribution in [0.5, 0.6) is 5.75 Å². The molecule has 0 aliphatic carbocycles.